The second kappa shape index (κ2) is 6.73. The molecule has 0 fully saturated rings. The van der Waals surface area contributed by atoms with E-state index in [0.717, 1.165) is 6.42 Å². The van der Waals surface area contributed by atoms with Gasteiger partial charge in [-0.15, -0.1) is 0 Å². The molecule has 20 heavy (non-hydrogen) atoms. The van der Waals surface area contributed by atoms with Crippen molar-refractivity contribution in [2.24, 2.45) is 0 Å². The lowest BCUT2D eigenvalue weighted by Gasteiger charge is -2.32. The summed E-state index contributed by atoms with van der Waals surface area (Å²) < 4.78 is 11.4. The Morgan fingerprint density at radius 1 is 0.900 bits per heavy atom. The monoisotopic (exact) mass is 278 g/mol. The van der Waals surface area contributed by atoms with E-state index < -0.39 is 0 Å². The van der Waals surface area contributed by atoms with Crippen molar-refractivity contribution in [1.82, 2.24) is 0 Å². The molecule has 0 heterocycles. The van der Waals surface area contributed by atoms with Gasteiger partial charge >= 0.3 is 0 Å². The zero-order valence-corrected chi connectivity index (χ0v) is 14.2. The van der Waals surface area contributed by atoms with Crippen molar-refractivity contribution >= 4 is 0 Å². The molecule has 114 valence electrons. The van der Waals surface area contributed by atoms with E-state index in [-0.39, 0.29) is 11.2 Å². The highest BCUT2D eigenvalue weighted by Crippen LogP contribution is 2.35. The van der Waals surface area contributed by atoms with Gasteiger partial charge in [0.1, 0.15) is 0 Å². The molecular formula is C18H30O2. The van der Waals surface area contributed by atoms with Crippen molar-refractivity contribution in [2.45, 2.75) is 65.1 Å². The third-order valence-electron chi connectivity index (χ3n) is 4.27. The first-order chi connectivity index (χ1) is 9.30. The van der Waals surface area contributed by atoms with Crippen molar-refractivity contribution in [3.8, 4) is 0 Å². The number of hydrogen-bond donors (Lipinski definition) is 0. The average molecular weight is 278 g/mol. The molecule has 0 aromatic heterocycles. The largest absolute Gasteiger partial charge is 0.374 e. The maximum absolute atomic E-state index is 5.70. The van der Waals surface area contributed by atoms with Gasteiger partial charge in [-0.25, -0.2) is 0 Å². The van der Waals surface area contributed by atoms with E-state index in [1.807, 2.05) is 0 Å². The van der Waals surface area contributed by atoms with Crippen LogP contribution in [0.3, 0.4) is 0 Å². The van der Waals surface area contributed by atoms with Crippen LogP contribution < -0.4 is 0 Å². The number of methoxy groups -OCH3 is 2. The maximum Gasteiger partial charge on any atom is 0.0874 e. The molecule has 2 heteroatoms. The minimum Gasteiger partial charge on any atom is -0.374 e. The summed E-state index contributed by atoms with van der Waals surface area (Å²) >= 11 is 0. The van der Waals surface area contributed by atoms with Crippen LogP contribution in [0, 0.1) is 0 Å². The Bertz CT molecular complexity index is 399. The smallest absolute Gasteiger partial charge is 0.0874 e. The summed E-state index contributed by atoms with van der Waals surface area (Å²) in [5.41, 5.74) is 3.38. The van der Waals surface area contributed by atoms with E-state index in [0.29, 0.717) is 0 Å². The van der Waals surface area contributed by atoms with Gasteiger partial charge in [-0.2, -0.15) is 0 Å². The highest BCUT2D eigenvalue weighted by molar-refractivity contribution is 5.41. The summed E-state index contributed by atoms with van der Waals surface area (Å²) in [5.74, 6) is 0. The fourth-order valence-electron chi connectivity index (χ4n) is 2.56. The summed E-state index contributed by atoms with van der Waals surface area (Å²) in [6.07, 6.45) is 3.44. The summed E-state index contributed by atoms with van der Waals surface area (Å²) in [4.78, 5) is 0. The number of rotatable bonds is 7. The molecule has 1 aromatic carbocycles. The molecule has 1 rings (SSSR count). The minimum atomic E-state index is -0.275. The Kier molecular flexibility index (Phi) is 5.79. The lowest BCUT2D eigenvalue weighted by atomic mass is 9.82. The van der Waals surface area contributed by atoms with Crippen molar-refractivity contribution in [3.63, 3.8) is 0 Å². The molecule has 0 aliphatic rings. The van der Waals surface area contributed by atoms with Gasteiger partial charge in [0.2, 0.25) is 0 Å². The molecule has 0 unspecified atom stereocenters. The van der Waals surface area contributed by atoms with Crippen molar-refractivity contribution in [3.05, 3.63) is 34.9 Å². The maximum atomic E-state index is 5.70. The molecule has 0 amide bonds. The summed E-state index contributed by atoms with van der Waals surface area (Å²) in [6.45, 7) is 10.7. The zero-order chi connectivity index (χ0) is 15.4. The normalized spacial score (nSPS) is 12.8. The summed E-state index contributed by atoms with van der Waals surface area (Å²) in [5, 5.41) is 0. The van der Waals surface area contributed by atoms with Gasteiger partial charge in [0.15, 0.2) is 0 Å². The molecule has 0 saturated carbocycles. The van der Waals surface area contributed by atoms with Gasteiger partial charge in [-0.05, 0) is 57.2 Å². The van der Waals surface area contributed by atoms with Crippen LogP contribution in [0.1, 0.15) is 64.2 Å². The topological polar surface area (TPSA) is 18.5 Å². The molecule has 0 radical (unpaired) electrons. The Labute approximate surface area is 124 Å². The summed E-state index contributed by atoms with van der Waals surface area (Å²) in [6, 6.07) is 6.48. The predicted octanol–water partition coefficient (Wildman–Crippen LogP) is 4.79. The Morgan fingerprint density at radius 2 is 1.35 bits per heavy atom. The second-order valence-corrected chi connectivity index (χ2v) is 6.36. The fourth-order valence-corrected chi connectivity index (χ4v) is 2.56. The Morgan fingerprint density at radius 3 is 1.70 bits per heavy atom. The molecular weight excluding hydrogens is 248 g/mol. The molecule has 0 atom stereocenters. The van der Waals surface area contributed by atoms with E-state index >= 15 is 0 Å². The standard InChI is InChI=1S/C18H30O2/c1-8-9-11-14-15(17(2,3)19-6)12-10-13-16(14)18(4,5)20-7/h10,12-13H,8-9,11H2,1-7H3. The van der Waals surface area contributed by atoms with Gasteiger partial charge < -0.3 is 9.47 Å². The third kappa shape index (κ3) is 3.62. The van der Waals surface area contributed by atoms with Crippen LogP contribution in [-0.4, -0.2) is 14.2 Å². The molecule has 2 nitrogen and oxygen atoms in total. The van der Waals surface area contributed by atoms with Crippen LogP contribution in [0.5, 0.6) is 0 Å². The molecule has 0 bridgehead atoms. The molecule has 0 aliphatic heterocycles. The predicted molar refractivity (Wildman–Crippen MR) is 85.1 cm³/mol. The number of benzene rings is 1. The Balaban J connectivity index is 3.42. The lowest BCUT2D eigenvalue weighted by Crippen LogP contribution is -2.27. The highest BCUT2D eigenvalue weighted by Gasteiger charge is 2.29. The fraction of sp³-hybridized carbons (Fsp3) is 0.667. The van der Waals surface area contributed by atoms with E-state index in [2.05, 4.69) is 52.8 Å². The van der Waals surface area contributed by atoms with E-state index in [1.165, 1.54) is 29.5 Å². The first-order valence-electron chi connectivity index (χ1n) is 7.53. The third-order valence-corrected chi connectivity index (χ3v) is 4.27. The van der Waals surface area contributed by atoms with Crippen LogP contribution in [-0.2, 0) is 27.1 Å². The summed E-state index contributed by atoms with van der Waals surface area (Å²) in [7, 11) is 3.55. The van der Waals surface area contributed by atoms with Gasteiger partial charge in [0.05, 0.1) is 11.2 Å². The highest BCUT2D eigenvalue weighted by atomic mass is 16.5. The van der Waals surface area contributed by atoms with Gasteiger partial charge in [-0.3, -0.25) is 0 Å². The van der Waals surface area contributed by atoms with E-state index in [9.17, 15) is 0 Å². The van der Waals surface area contributed by atoms with E-state index in [1.54, 1.807) is 14.2 Å². The molecule has 0 aliphatic carbocycles. The van der Waals surface area contributed by atoms with Gasteiger partial charge in [0, 0.05) is 14.2 Å². The van der Waals surface area contributed by atoms with Crippen molar-refractivity contribution in [2.75, 3.05) is 14.2 Å². The van der Waals surface area contributed by atoms with Crippen LogP contribution in [0.15, 0.2) is 18.2 Å². The Hall–Kier alpha value is -0.860. The zero-order valence-electron chi connectivity index (χ0n) is 14.2. The van der Waals surface area contributed by atoms with Crippen LogP contribution >= 0.6 is 0 Å². The van der Waals surface area contributed by atoms with Crippen LogP contribution in [0.25, 0.3) is 0 Å². The molecule has 0 spiro atoms. The number of unbranched alkanes of at least 4 members (excludes halogenated alkanes) is 1. The average Bonchev–Trinajstić information content (AvgIpc) is 2.44. The van der Waals surface area contributed by atoms with Crippen molar-refractivity contribution < 1.29 is 9.47 Å². The number of hydrogen-bond acceptors (Lipinski definition) is 2. The van der Waals surface area contributed by atoms with Crippen LogP contribution in [0.2, 0.25) is 0 Å². The van der Waals surface area contributed by atoms with Crippen LogP contribution in [0.4, 0.5) is 0 Å². The molecule has 0 saturated heterocycles. The second-order valence-electron chi connectivity index (χ2n) is 6.36. The molecule has 0 N–H and O–H groups in total. The van der Waals surface area contributed by atoms with E-state index in [4.69, 9.17) is 9.47 Å². The van der Waals surface area contributed by atoms with Crippen molar-refractivity contribution in [1.29, 1.82) is 0 Å². The first-order valence-corrected chi connectivity index (χ1v) is 7.53. The van der Waals surface area contributed by atoms with Gasteiger partial charge in [-0.1, -0.05) is 31.5 Å². The first kappa shape index (κ1) is 17.2. The quantitative estimate of drug-likeness (QED) is 0.713. The minimum absolute atomic E-state index is 0.275. The molecule has 1 aromatic rings. The SMILES string of the molecule is CCCCc1c(C(C)(C)OC)cccc1C(C)(C)OC. The lowest BCUT2D eigenvalue weighted by molar-refractivity contribution is 0.0119. The number of ether oxygens (including phenoxy) is 2. The van der Waals surface area contributed by atoms with Gasteiger partial charge in [0.25, 0.3) is 0 Å².